The maximum atomic E-state index is 5.55. The van der Waals surface area contributed by atoms with Crippen molar-refractivity contribution in [2.24, 2.45) is 0 Å². The highest BCUT2D eigenvalue weighted by molar-refractivity contribution is 7.99. The average Bonchev–Trinajstić information content (AvgIpc) is 2.66. The Balaban J connectivity index is 2.11. The minimum Gasteiger partial charge on any atom is -0.333 e. The van der Waals surface area contributed by atoms with Crippen molar-refractivity contribution in [2.75, 3.05) is 11.6 Å². The fraction of sp³-hybridized carbons (Fsp3) is 0.250. The van der Waals surface area contributed by atoms with Gasteiger partial charge in [0.2, 0.25) is 0 Å². The maximum absolute atomic E-state index is 5.55. The summed E-state index contributed by atoms with van der Waals surface area (Å²) >= 11 is 7.23. The molecule has 0 bridgehead atoms. The quantitative estimate of drug-likeness (QED) is 0.510. The molecule has 2 rings (SSSR count). The number of hydrogen-bond acceptors (Lipinski definition) is 2. The van der Waals surface area contributed by atoms with Crippen LogP contribution in [0.5, 0.6) is 0 Å². The molecule has 0 saturated carbocycles. The van der Waals surface area contributed by atoms with Gasteiger partial charge in [0, 0.05) is 11.6 Å². The number of nitrogens with one attached hydrogen (secondary N) is 1. The van der Waals surface area contributed by atoms with Crippen LogP contribution in [0.4, 0.5) is 0 Å². The molecule has 0 radical (unpaired) electrons. The standard InChI is InChI=1S/C12H13ClN2S/c1-9-4-5-10-11(8-9)15-12(14-10)16-7-3-2-6-13/h2-5,8H,6-7H2,1H3,(H,14,15). The molecule has 0 fully saturated rings. The first-order chi connectivity index (χ1) is 7.79. The second-order valence-corrected chi connectivity index (χ2v) is 4.82. The SMILES string of the molecule is Cc1ccc2nc(SCC=CCCl)[nH]c2c1. The number of halogens is 1. The Morgan fingerprint density at radius 1 is 1.44 bits per heavy atom. The molecule has 0 aliphatic rings. The van der Waals surface area contributed by atoms with Gasteiger partial charge in [0.15, 0.2) is 5.16 Å². The summed E-state index contributed by atoms with van der Waals surface area (Å²) in [4.78, 5) is 7.79. The van der Waals surface area contributed by atoms with E-state index in [-0.39, 0.29) is 0 Å². The van der Waals surface area contributed by atoms with E-state index in [2.05, 4.69) is 35.1 Å². The zero-order chi connectivity index (χ0) is 11.4. The number of thioether (sulfide) groups is 1. The van der Waals surface area contributed by atoms with Crippen LogP contribution in [0.3, 0.4) is 0 Å². The molecule has 0 aliphatic heterocycles. The fourth-order valence-corrected chi connectivity index (χ4v) is 2.29. The first-order valence-electron chi connectivity index (χ1n) is 5.10. The van der Waals surface area contributed by atoms with Gasteiger partial charge in [-0.05, 0) is 24.6 Å². The number of aromatic amines is 1. The third-order valence-electron chi connectivity index (χ3n) is 2.19. The van der Waals surface area contributed by atoms with E-state index in [4.69, 9.17) is 11.6 Å². The van der Waals surface area contributed by atoms with Crippen molar-refractivity contribution < 1.29 is 0 Å². The van der Waals surface area contributed by atoms with Crippen LogP contribution in [0.25, 0.3) is 11.0 Å². The number of nitrogens with zero attached hydrogens (tertiary/aromatic N) is 1. The zero-order valence-electron chi connectivity index (χ0n) is 9.03. The van der Waals surface area contributed by atoms with Crippen LogP contribution < -0.4 is 0 Å². The Kier molecular flexibility index (Phi) is 3.91. The zero-order valence-corrected chi connectivity index (χ0v) is 10.6. The number of imidazole rings is 1. The van der Waals surface area contributed by atoms with Crippen molar-refractivity contribution >= 4 is 34.4 Å². The van der Waals surface area contributed by atoms with E-state index in [1.54, 1.807) is 11.8 Å². The summed E-state index contributed by atoms with van der Waals surface area (Å²) < 4.78 is 0. The molecule has 0 unspecified atom stereocenters. The highest BCUT2D eigenvalue weighted by atomic mass is 35.5. The molecule has 0 amide bonds. The van der Waals surface area contributed by atoms with E-state index in [1.807, 2.05) is 12.1 Å². The van der Waals surface area contributed by atoms with Crippen LogP contribution in [0.15, 0.2) is 35.5 Å². The van der Waals surface area contributed by atoms with E-state index in [0.29, 0.717) is 5.88 Å². The molecule has 1 N–H and O–H groups in total. The van der Waals surface area contributed by atoms with Crippen molar-refractivity contribution in [1.82, 2.24) is 9.97 Å². The normalized spacial score (nSPS) is 11.6. The van der Waals surface area contributed by atoms with Gasteiger partial charge in [0.25, 0.3) is 0 Å². The average molecular weight is 253 g/mol. The van der Waals surface area contributed by atoms with Crippen LogP contribution >= 0.6 is 23.4 Å². The van der Waals surface area contributed by atoms with Crippen LogP contribution in [0.1, 0.15) is 5.56 Å². The van der Waals surface area contributed by atoms with E-state index in [9.17, 15) is 0 Å². The van der Waals surface area contributed by atoms with Gasteiger partial charge < -0.3 is 4.98 Å². The van der Waals surface area contributed by atoms with Gasteiger partial charge in [0.1, 0.15) is 0 Å². The Hall–Kier alpha value is -0.930. The molecule has 2 aromatic rings. The number of alkyl halides is 1. The van der Waals surface area contributed by atoms with Gasteiger partial charge in [-0.25, -0.2) is 4.98 Å². The molecule has 1 aromatic carbocycles. The van der Waals surface area contributed by atoms with E-state index in [0.717, 1.165) is 21.9 Å². The largest absolute Gasteiger partial charge is 0.333 e. The molecular weight excluding hydrogens is 240 g/mol. The second-order valence-electron chi connectivity index (χ2n) is 3.50. The Labute approximate surface area is 104 Å². The highest BCUT2D eigenvalue weighted by Gasteiger charge is 2.01. The molecule has 0 saturated heterocycles. The smallest absolute Gasteiger partial charge is 0.166 e. The molecule has 1 aromatic heterocycles. The molecule has 0 spiro atoms. The summed E-state index contributed by atoms with van der Waals surface area (Å²) in [6, 6.07) is 6.23. The Morgan fingerprint density at radius 2 is 2.31 bits per heavy atom. The lowest BCUT2D eigenvalue weighted by Crippen LogP contribution is -1.76. The first kappa shape index (κ1) is 11.6. The summed E-state index contributed by atoms with van der Waals surface area (Å²) in [5.74, 6) is 1.46. The third-order valence-corrected chi connectivity index (χ3v) is 3.19. The summed E-state index contributed by atoms with van der Waals surface area (Å²) in [6.45, 7) is 2.08. The lowest BCUT2D eigenvalue weighted by molar-refractivity contribution is 1.08. The van der Waals surface area contributed by atoms with Gasteiger partial charge in [0.05, 0.1) is 11.0 Å². The fourth-order valence-electron chi connectivity index (χ4n) is 1.43. The van der Waals surface area contributed by atoms with Crippen LogP contribution in [0, 0.1) is 6.92 Å². The minimum absolute atomic E-state index is 0.569. The van der Waals surface area contributed by atoms with Gasteiger partial charge in [-0.15, -0.1) is 11.6 Å². The molecule has 2 nitrogen and oxygen atoms in total. The van der Waals surface area contributed by atoms with E-state index < -0.39 is 0 Å². The van der Waals surface area contributed by atoms with E-state index in [1.165, 1.54) is 5.56 Å². The lowest BCUT2D eigenvalue weighted by atomic mass is 10.2. The number of allylic oxidation sites excluding steroid dienone is 1. The van der Waals surface area contributed by atoms with Crippen LogP contribution in [-0.2, 0) is 0 Å². The lowest BCUT2D eigenvalue weighted by Gasteiger charge is -1.90. The van der Waals surface area contributed by atoms with Gasteiger partial charge in [-0.3, -0.25) is 0 Å². The monoisotopic (exact) mass is 252 g/mol. The molecule has 4 heteroatoms. The number of H-pyrrole nitrogens is 1. The molecule has 0 atom stereocenters. The van der Waals surface area contributed by atoms with Crippen molar-refractivity contribution in [1.29, 1.82) is 0 Å². The van der Waals surface area contributed by atoms with Crippen LogP contribution in [0.2, 0.25) is 0 Å². The number of aryl methyl sites for hydroxylation is 1. The van der Waals surface area contributed by atoms with Crippen molar-refractivity contribution in [2.45, 2.75) is 12.1 Å². The summed E-state index contributed by atoms with van der Waals surface area (Å²) in [5, 5.41) is 0.958. The Morgan fingerprint density at radius 3 is 3.12 bits per heavy atom. The number of benzene rings is 1. The highest BCUT2D eigenvalue weighted by Crippen LogP contribution is 2.20. The van der Waals surface area contributed by atoms with Crippen molar-refractivity contribution in [3.63, 3.8) is 0 Å². The number of hydrogen-bond donors (Lipinski definition) is 1. The van der Waals surface area contributed by atoms with Gasteiger partial charge in [-0.1, -0.05) is 30.0 Å². The number of aromatic nitrogens is 2. The third kappa shape index (κ3) is 2.80. The second kappa shape index (κ2) is 5.41. The summed E-state index contributed by atoms with van der Waals surface area (Å²) in [5.41, 5.74) is 3.37. The van der Waals surface area contributed by atoms with Crippen molar-refractivity contribution in [3.8, 4) is 0 Å². The number of fused-ring (bicyclic) bond motifs is 1. The van der Waals surface area contributed by atoms with Crippen LogP contribution in [-0.4, -0.2) is 21.6 Å². The van der Waals surface area contributed by atoms with Crippen molar-refractivity contribution in [3.05, 3.63) is 35.9 Å². The molecule has 0 aliphatic carbocycles. The number of rotatable bonds is 4. The van der Waals surface area contributed by atoms with Gasteiger partial charge >= 0.3 is 0 Å². The summed E-state index contributed by atoms with van der Waals surface area (Å²) in [7, 11) is 0. The first-order valence-corrected chi connectivity index (χ1v) is 6.62. The Bertz CT molecular complexity index is 505. The molecule has 84 valence electrons. The molecule has 1 heterocycles. The van der Waals surface area contributed by atoms with Gasteiger partial charge in [-0.2, -0.15) is 0 Å². The molecule has 16 heavy (non-hydrogen) atoms. The summed E-state index contributed by atoms with van der Waals surface area (Å²) in [6.07, 6.45) is 4.00. The predicted octanol–water partition coefficient (Wildman–Crippen LogP) is 3.76. The topological polar surface area (TPSA) is 28.7 Å². The predicted molar refractivity (Wildman–Crippen MR) is 71.4 cm³/mol. The van der Waals surface area contributed by atoms with E-state index >= 15 is 0 Å². The minimum atomic E-state index is 0.569. The molecular formula is C12H13ClN2S. The maximum Gasteiger partial charge on any atom is 0.166 e.